The smallest absolute Gasteiger partial charge is 0.310 e. The van der Waals surface area contributed by atoms with Crippen LogP contribution in [0.5, 0.6) is 0 Å². The normalized spacial score (nSPS) is 33.0. The summed E-state index contributed by atoms with van der Waals surface area (Å²) in [5.41, 5.74) is -2.39. The highest BCUT2D eigenvalue weighted by molar-refractivity contribution is 5.89. The van der Waals surface area contributed by atoms with Gasteiger partial charge in [-0.1, -0.05) is 0 Å². The molecule has 0 aromatic rings. The molecule has 0 radical (unpaired) electrons. The van der Waals surface area contributed by atoms with Gasteiger partial charge in [0.1, 0.15) is 24.4 Å². The Balaban J connectivity index is 1.51. The zero-order chi connectivity index (χ0) is 43.7. The second kappa shape index (κ2) is 15.9. The van der Waals surface area contributed by atoms with Crippen molar-refractivity contribution in [1.82, 2.24) is 21.3 Å². The van der Waals surface area contributed by atoms with Gasteiger partial charge >= 0.3 is 23.9 Å². The molecule has 58 heavy (non-hydrogen) atoms. The summed E-state index contributed by atoms with van der Waals surface area (Å²) in [5, 5.41) is 14.6. The number of hydrogen-bond acceptors (Lipinski definition) is 12. The van der Waals surface area contributed by atoms with Gasteiger partial charge in [-0.05, 0) is 124 Å². The quantitative estimate of drug-likeness (QED) is 0.153. The Morgan fingerprint density at radius 2 is 0.552 bits per heavy atom. The molecule has 12 nitrogen and oxygen atoms in total. The molecule has 4 saturated heterocycles. The second-order valence-corrected chi connectivity index (χ2v) is 24.3. The Labute approximate surface area is 349 Å². The standard InChI is InChI=1S/C46H80N4O8/c1-39(2)19-28(20-40(3,4)47-39)55-35(51)27-17-32(36(52)56-29-21-41(5,6)48-42(7,8)22-29)34(38(54)58-31-25-45(13,14)50-46(15,16)26-31)33(18-27)37(53)57-30-23-43(9,10)49-44(11,12)24-30/h27-34,47-50H,17-26H2,1-16H3. The molecule has 2 atom stereocenters. The summed E-state index contributed by atoms with van der Waals surface area (Å²) in [7, 11) is 0. The molecule has 12 heteroatoms. The van der Waals surface area contributed by atoms with E-state index in [4.69, 9.17) is 18.9 Å². The lowest BCUT2D eigenvalue weighted by molar-refractivity contribution is -0.187. The van der Waals surface area contributed by atoms with E-state index in [2.05, 4.69) is 132 Å². The number of nitrogens with one attached hydrogen (secondary N) is 4. The van der Waals surface area contributed by atoms with Crippen molar-refractivity contribution in [3.05, 3.63) is 0 Å². The van der Waals surface area contributed by atoms with Crippen molar-refractivity contribution in [3.8, 4) is 0 Å². The van der Waals surface area contributed by atoms with Crippen LogP contribution in [0.2, 0.25) is 0 Å². The van der Waals surface area contributed by atoms with Crippen LogP contribution in [-0.4, -0.2) is 92.6 Å². The topological polar surface area (TPSA) is 153 Å². The summed E-state index contributed by atoms with van der Waals surface area (Å²) in [4.78, 5) is 58.8. The highest BCUT2D eigenvalue weighted by Crippen LogP contribution is 2.45. The Morgan fingerprint density at radius 1 is 0.345 bits per heavy atom. The Bertz CT molecular complexity index is 1440. The molecule has 1 saturated carbocycles. The summed E-state index contributed by atoms with van der Waals surface area (Å²) >= 11 is 0. The minimum atomic E-state index is -1.20. The predicted octanol–water partition coefficient (Wildman–Crippen LogP) is 6.65. The average molecular weight is 817 g/mol. The van der Waals surface area contributed by atoms with E-state index in [1.165, 1.54) is 0 Å². The van der Waals surface area contributed by atoms with Gasteiger partial charge in [0.15, 0.2) is 0 Å². The molecule has 0 bridgehead atoms. The lowest BCUT2D eigenvalue weighted by atomic mass is 9.67. The average Bonchev–Trinajstić information content (AvgIpc) is 2.93. The van der Waals surface area contributed by atoms with Gasteiger partial charge in [-0.2, -0.15) is 0 Å². The van der Waals surface area contributed by atoms with E-state index in [1.807, 2.05) is 0 Å². The molecule has 0 amide bonds. The first kappa shape index (κ1) is 46.8. The minimum Gasteiger partial charge on any atom is -0.462 e. The van der Waals surface area contributed by atoms with Crippen molar-refractivity contribution in [2.45, 2.75) is 244 Å². The monoisotopic (exact) mass is 817 g/mol. The first-order valence-electron chi connectivity index (χ1n) is 22.1. The maximum Gasteiger partial charge on any atom is 0.310 e. The molecule has 4 heterocycles. The Kier molecular flexibility index (Phi) is 12.8. The number of piperidine rings is 4. The molecule has 5 fully saturated rings. The van der Waals surface area contributed by atoms with Crippen LogP contribution in [-0.2, 0) is 38.1 Å². The fourth-order valence-electron chi connectivity index (χ4n) is 12.5. The van der Waals surface area contributed by atoms with Gasteiger partial charge in [-0.15, -0.1) is 0 Å². The van der Waals surface area contributed by atoms with Gasteiger partial charge in [0.25, 0.3) is 0 Å². The van der Waals surface area contributed by atoms with Crippen LogP contribution in [0.4, 0.5) is 0 Å². The molecule has 0 aromatic heterocycles. The van der Waals surface area contributed by atoms with Gasteiger partial charge in [0.2, 0.25) is 0 Å². The maximum absolute atomic E-state index is 14.8. The third-order valence-corrected chi connectivity index (χ3v) is 12.9. The summed E-state index contributed by atoms with van der Waals surface area (Å²) in [6.45, 7) is 33.4. The lowest BCUT2D eigenvalue weighted by Crippen LogP contribution is -2.61. The van der Waals surface area contributed by atoms with E-state index < -0.39 is 65.9 Å². The summed E-state index contributed by atoms with van der Waals surface area (Å²) in [6, 6.07) is 0. The van der Waals surface area contributed by atoms with Crippen molar-refractivity contribution in [2.24, 2.45) is 23.7 Å². The number of carbonyl (C=O) groups is 4. The van der Waals surface area contributed by atoms with Gasteiger partial charge in [-0.25, -0.2) is 0 Å². The van der Waals surface area contributed by atoms with Crippen molar-refractivity contribution >= 4 is 23.9 Å². The zero-order valence-electron chi connectivity index (χ0n) is 39.0. The van der Waals surface area contributed by atoms with E-state index >= 15 is 0 Å². The van der Waals surface area contributed by atoms with Gasteiger partial charge in [0, 0.05) is 95.7 Å². The molecule has 0 spiro atoms. The predicted molar refractivity (Wildman–Crippen MR) is 225 cm³/mol. The van der Waals surface area contributed by atoms with Crippen LogP contribution >= 0.6 is 0 Å². The van der Waals surface area contributed by atoms with E-state index in [1.54, 1.807) is 0 Å². The second-order valence-electron chi connectivity index (χ2n) is 24.3. The molecule has 4 N–H and O–H groups in total. The van der Waals surface area contributed by atoms with Crippen LogP contribution in [0.15, 0.2) is 0 Å². The van der Waals surface area contributed by atoms with Crippen LogP contribution in [0.1, 0.15) is 175 Å². The van der Waals surface area contributed by atoms with Crippen molar-refractivity contribution in [3.63, 3.8) is 0 Å². The third-order valence-electron chi connectivity index (χ3n) is 12.9. The van der Waals surface area contributed by atoms with Crippen molar-refractivity contribution in [2.75, 3.05) is 0 Å². The molecular formula is C46H80N4O8. The summed E-state index contributed by atoms with van der Waals surface area (Å²) in [6.07, 6.45) is 3.00. The SMILES string of the molecule is CC1(C)CC(OC(=O)C2CC(C(=O)OC3CC(C)(C)NC(C)(C)C3)C(C(=O)OC3CC(C)(C)NC(C)(C)C3)C(C(=O)OC3CC(C)(C)NC(C)(C)C3)C2)CC(C)(C)N1. The minimum absolute atomic E-state index is 0.00729. The molecule has 5 rings (SSSR count). The van der Waals surface area contributed by atoms with E-state index in [0.29, 0.717) is 51.4 Å². The fourth-order valence-corrected chi connectivity index (χ4v) is 12.5. The summed E-state index contributed by atoms with van der Waals surface area (Å²) < 4.78 is 25.5. The summed E-state index contributed by atoms with van der Waals surface area (Å²) in [5.74, 6) is -6.54. The van der Waals surface area contributed by atoms with E-state index in [0.717, 1.165) is 0 Å². The number of hydrogen-bond donors (Lipinski definition) is 4. The number of rotatable bonds is 8. The van der Waals surface area contributed by atoms with Crippen LogP contribution < -0.4 is 21.3 Å². The van der Waals surface area contributed by atoms with Crippen LogP contribution in [0, 0.1) is 23.7 Å². The Morgan fingerprint density at radius 3 is 0.793 bits per heavy atom. The number of ether oxygens (including phenoxy) is 4. The molecule has 4 aliphatic heterocycles. The molecule has 2 unspecified atom stereocenters. The van der Waals surface area contributed by atoms with E-state index in [-0.39, 0.29) is 63.3 Å². The molecular weight excluding hydrogens is 737 g/mol. The van der Waals surface area contributed by atoms with E-state index in [9.17, 15) is 19.2 Å². The third kappa shape index (κ3) is 12.4. The molecule has 5 aliphatic rings. The highest BCUT2D eigenvalue weighted by Gasteiger charge is 2.55. The molecule has 332 valence electrons. The van der Waals surface area contributed by atoms with Crippen LogP contribution in [0.25, 0.3) is 0 Å². The van der Waals surface area contributed by atoms with Gasteiger partial charge in [0.05, 0.1) is 23.7 Å². The Hall–Kier alpha value is -2.28. The molecule has 1 aliphatic carbocycles. The van der Waals surface area contributed by atoms with Gasteiger partial charge in [-0.3, -0.25) is 19.2 Å². The fraction of sp³-hybridized carbons (Fsp3) is 0.913. The first-order valence-corrected chi connectivity index (χ1v) is 22.1. The zero-order valence-corrected chi connectivity index (χ0v) is 39.0. The highest BCUT2D eigenvalue weighted by atomic mass is 16.6. The maximum atomic E-state index is 14.8. The van der Waals surface area contributed by atoms with Crippen molar-refractivity contribution in [1.29, 1.82) is 0 Å². The first-order chi connectivity index (χ1) is 26.1. The van der Waals surface area contributed by atoms with Crippen molar-refractivity contribution < 1.29 is 38.1 Å². The van der Waals surface area contributed by atoms with Gasteiger partial charge < -0.3 is 40.2 Å². The lowest BCUT2D eigenvalue weighted by Gasteiger charge is -2.48. The molecule has 0 aromatic carbocycles. The largest absolute Gasteiger partial charge is 0.462 e. The number of carbonyl (C=O) groups excluding carboxylic acids is 4. The van der Waals surface area contributed by atoms with Crippen LogP contribution in [0.3, 0.4) is 0 Å². The number of esters is 4.